The van der Waals surface area contributed by atoms with Gasteiger partial charge in [-0.3, -0.25) is 14.3 Å². The molecule has 0 bridgehead atoms. The number of nitrogens with one attached hydrogen (secondary N) is 1. The molecular formula is C24H28N4O3S. The number of rotatable bonds is 7. The van der Waals surface area contributed by atoms with Crippen LogP contribution < -0.4 is 9.46 Å². The Morgan fingerprint density at radius 3 is 2.56 bits per heavy atom. The summed E-state index contributed by atoms with van der Waals surface area (Å²) in [5.41, 5.74) is 3.27. The van der Waals surface area contributed by atoms with Crippen LogP contribution in [-0.2, 0) is 0 Å². The lowest BCUT2D eigenvalue weighted by atomic mass is 9.95. The van der Waals surface area contributed by atoms with Crippen LogP contribution >= 0.6 is 11.9 Å². The van der Waals surface area contributed by atoms with Gasteiger partial charge in [-0.15, -0.1) is 5.10 Å². The lowest BCUT2D eigenvalue weighted by Crippen LogP contribution is -2.19. The maximum atomic E-state index is 12.7. The second-order valence-electron chi connectivity index (χ2n) is 8.34. The molecule has 8 heteroatoms. The molecule has 1 aromatic carbocycles. The van der Waals surface area contributed by atoms with Gasteiger partial charge >= 0.3 is 0 Å². The normalized spacial score (nSPS) is 14.6. The van der Waals surface area contributed by atoms with Crippen LogP contribution in [0.5, 0.6) is 5.88 Å². The molecule has 2 heterocycles. The molecule has 4 rings (SSSR count). The second-order valence-corrected chi connectivity index (χ2v) is 8.95. The van der Waals surface area contributed by atoms with Crippen LogP contribution in [0.3, 0.4) is 0 Å². The van der Waals surface area contributed by atoms with Gasteiger partial charge in [0.05, 0.1) is 17.5 Å². The zero-order chi connectivity index (χ0) is 22.7. The summed E-state index contributed by atoms with van der Waals surface area (Å²) in [6.45, 7) is 3.94. The first-order chi connectivity index (χ1) is 15.5. The lowest BCUT2D eigenvalue weighted by molar-refractivity contribution is 0.0979. The number of aromatic nitrogens is 3. The highest BCUT2D eigenvalue weighted by Crippen LogP contribution is 2.39. The number of nitrogens with zero attached hydrogens (tertiary/aromatic N) is 3. The molecule has 0 saturated heterocycles. The van der Waals surface area contributed by atoms with Crippen molar-refractivity contribution in [2.24, 2.45) is 0 Å². The average Bonchev–Trinajstić information content (AvgIpc) is 3.17. The molecule has 2 aromatic heterocycles. The van der Waals surface area contributed by atoms with E-state index in [-0.39, 0.29) is 18.1 Å². The van der Waals surface area contributed by atoms with Gasteiger partial charge in [-0.25, -0.2) is 9.67 Å². The van der Waals surface area contributed by atoms with Crippen LogP contribution in [0.25, 0.3) is 22.2 Å². The van der Waals surface area contributed by atoms with E-state index < -0.39 is 0 Å². The van der Waals surface area contributed by atoms with E-state index in [1.807, 2.05) is 30.7 Å². The van der Waals surface area contributed by atoms with Gasteiger partial charge in [0.15, 0.2) is 5.65 Å². The Kier molecular flexibility index (Phi) is 6.79. The molecule has 7 nitrogen and oxygen atoms in total. The number of benzene rings is 1. The highest BCUT2D eigenvalue weighted by Gasteiger charge is 2.26. The number of fused-ring (bicyclic) bond motifs is 1. The minimum Gasteiger partial charge on any atom is -0.473 e. The number of carbonyl (C=O) groups is 2. The fourth-order valence-corrected chi connectivity index (χ4v) is 4.51. The molecular weight excluding hydrogens is 424 g/mol. The van der Waals surface area contributed by atoms with Crippen LogP contribution in [0.1, 0.15) is 72.8 Å². The molecule has 0 unspecified atom stereocenters. The quantitative estimate of drug-likeness (QED) is 0.391. The van der Waals surface area contributed by atoms with Crippen molar-refractivity contribution in [1.29, 1.82) is 0 Å². The number of pyridine rings is 1. The summed E-state index contributed by atoms with van der Waals surface area (Å²) in [4.78, 5) is 28.6. The number of ether oxygens (including phenoxy) is 1. The minimum absolute atomic E-state index is 0.0577. The molecule has 1 aliphatic rings. The topological polar surface area (TPSA) is 86.1 Å². The van der Waals surface area contributed by atoms with Crippen molar-refractivity contribution < 1.29 is 14.3 Å². The number of aldehydes is 1. The molecule has 3 aromatic rings. The summed E-state index contributed by atoms with van der Waals surface area (Å²) in [6.07, 6.45) is 8.16. The van der Waals surface area contributed by atoms with Gasteiger partial charge < -0.3 is 4.74 Å². The first-order valence-corrected chi connectivity index (χ1v) is 12.2. The van der Waals surface area contributed by atoms with Crippen molar-refractivity contribution in [3.8, 4) is 17.0 Å². The van der Waals surface area contributed by atoms with Gasteiger partial charge in [-0.05, 0) is 38.3 Å². The number of amides is 1. The van der Waals surface area contributed by atoms with E-state index >= 15 is 0 Å². The summed E-state index contributed by atoms with van der Waals surface area (Å²) in [5, 5.41) is 5.65. The van der Waals surface area contributed by atoms with Crippen molar-refractivity contribution in [2.45, 2.75) is 58.1 Å². The molecule has 0 aliphatic heterocycles. The Bertz CT molecular complexity index is 1120. The third kappa shape index (κ3) is 4.50. The molecule has 0 radical (unpaired) electrons. The molecule has 0 atom stereocenters. The Labute approximate surface area is 192 Å². The average molecular weight is 453 g/mol. The van der Waals surface area contributed by atoms with Crippen LogP contribution in [0.2, 0.25) is 0 Å². The zero-order valence-electron chi connectivity index (χ0n) is 18.6. The van der Waals surface area contributed by atoms with Gasteiger partial charge in [0.25, 0.3) is 5.91 Å². The van der Waals surface area contributed by atoms with Crippen LogP contribution in [0.15, 0.2) is 30.3 Å². The SMILES string of the molecule is CSNC(=O)c1cc(-c2ccc(C=O)cc2)c2c(OC(C)C)nn(C3CCCCC3)c2n1. The predicted octanol–water partition coefficient (Wildman–Crippen LogP) is 5.21. The first kappa shape index (κ1) is 22.3. The van der Waals surface area contributed by atoms with Crippen LogP contribution in [0, 0.1) is 0 Å². The third-order valence-electron chi connectivity index (χ3n) is 5.68. The molecule has 168 valence electrons. The zero-order valence-corrected chi connectivity index (χ0v) is 19.4. The summed E-state index contributed by atoms with van der Waals surface area (Å²) >= 11 is 1.24. The van der Waals surface area contributed by atoms with E-state index in [9.17, 15) is 9.59 Å². The largest absolute Gasteiger partial charge is 0.473 e. The van der Waals surface area contributed by atoms with Crippen LogP contribution in [-0.4, -0.2) is 39.3 Å². The molecule has 0 spiro atoms. The molecule has 1 N–H and O–H groups in total. The van der Waals surface area contributed by atoms with Crippen molar-refractivity contribution in [1.82, 2.24) is 19.5 Å². The van der Waals surface area contributed by atoms with E-state index in [0.29, 0.717) is 22.8 Å². The molecule has 1 fully saturated rings. The van der Waals surface area contributed by atoms with Gasteiger partial charge in [0.2, 0.25) is 5.88 Å². The molecule has 1 amide bonds. The number of hydrogen-bond acceptors (Lipinski definition) is 6. The fraction of sp³-hybridized carbons (Fsp3) is 0.417. The Hall–Kier alpha value is -2.87. The Balaban J connectivity index is 1.98. The minimum atomic E-state index is -0.257. The maximum absolute atomic E-state index is 12.7. The molecule has 32 heavy (non-hydrogen) atoms. The fourth-order valence-electron chi connectivity index (χ4n) is 4.22. The van der Waals surface area contributed by atoms with E-state index in [1.165, 1.54) is 18.4 Å². The summed E-state index contributed by atoms with van der Waals surface area (Å²) < 4.78 is 10.9. The maximum Gasteiger partial charge on any atom is 0.279 e. The summed E-state index contributed by atoms with van der Waals surface area (Å²) in [7, 11) is 0. The number of hydrogen-bond donors (Lipinski definition) is 1. The van der Waals surface area contributed by atoms with Gasteiger partial charge in [-0.2, -0.15) is 0 Å². The predicted molar refractivity (Wildman–Crippen MR) is 127 cm³/mol. The van der Waals surface area contributed by atoms with Crippen molar-refractivity contribution in [2.75, 3.05) is 6.26 Å². The summed E-state index contributed by atoms with van der Waals surface area (Å²) in [5.74, 6) is 0.271. The summed E-state index contributed by atoms with van der Waals surface area (Å²) in [6, 6.07) is 9.31. The second kappa shape index (κ2) is 9.73. The van der Waals surface area contributed by atoms with Crippen molar-refractivity contribution in [3.63, 3.8) is 0 Å². The monoisotopic (exact) mass is 452 g/mol. The Morgan fingerprint density at radius 1 is 1.22 bits per heavy atom. The van der Waals surface area contributed by atoms with E-state index in [1.54, 1.807) is 24.5 Å². The van der Waals surface area contributed by atoms with Crippen molar-refractivity contribution >= 4 is 35.2 Å². The smallest absolute Gasteiger partial charge is 0.279 e. The molecule has 1 aliphatic carbocycles. The van der Waals surface area contributed by atoms with E-state index in [4.69, 9.17) is 14.8 Å². The van der Waals surface area contributed by atoms with E-state index in [2.05, 4.69) is 4.72 Å². The third-order valence-corrected chi connectivity index (χ3v) is 6.07. The van der Waals surface area contributed by atoms with Crippen LogP contribution in [0.4, 0.5) is 0 Å². The first-order valence-electron chi connectivity index (χ1n) is 11.0. The van der Waals surface area contributed by atoms with Crippen molar-refractivity contribution in [3.05, 3.63) is 41.6 Å². The molecule has 1 saturated carbocycles. The van der Waals surface area contributed by atoms with Gasteiger partial charge in [0.1, 0.15) is 12.0 Å². The Morgan fingerprint density at radius 2 is 1.94 bits per heavy atom. The van der Waals surface area contributed by atoms with Gasteiger partial charge in [-0.1, -0.05) is 55.5 Å². The lowest BCUT2D eigenvalue weighted by Gasteiger charge is -2.22. The highest BCUT2D eigenvalue weighted by atomic mass is 32.2. The highest BCUT2D eigenvalue weighted by molar-refractivity contribution is 7.97. The standard InChI is InChI=1S/C24H28N4O3S/c1-15(2)31-24-21-19(17-11-9-16(14-29)10-12-17)13-20(23(30)27-32-3)25-22(21)28(26-24)18-7-5-4-6-8-18/h9-15,18H,4-8H2,1-3H3,(H,27,30). The van der Waals surface area contributed by atoms with E-state index in [0.717, 1.165) is 48.5 Å². The number of carbonyl (C=O) groups excluding carboxylic acids is 2. The van der Waals surface area contributed by atoms with Gasteiger partial charge in [0, 0.05) is 17.4 Å².